The van der Waals surface area contributed by atoms with Gasteiger partial charge in [-0.3, -0.25) is 0 Å². The number of phenols is 1. The van der Waals surface area contributed by atoms with Crippen LogP contribution in [0.3, 0.4) is 0 Å². The molecule has 26 heavy (non-hydrogen) atoms. The van der Waals surface area contributed by atoms with Crippen molar-refractivity contribution in [1.82, 2.24) is 0 Å². The predicted molar refractivity (Wildman–Crippen MR) is 102 cm³/mol. The fourth-order valence-electron chi connectivity index (χ4n) is 1.97. The Morgan fingerprint density at radius 3 is 2.50 bits per heavy atom. The molecule has 0 saturated carbocycles. The average molecular weight is 483 g/mol. The number of phenolic OH excluding ortho intramolecular Hbond substituents is 1. The Bertz CT molecular complexity index is 770. The molecule has 0 aliphatic heterocycles. The zero-order valence-corrected chi connectivity index (χ0v) is 15.9. The number of nitrogens with one attached hydrogen (secondary N) is 1. The van der Waals surface area contributed by atoms with Crippen LogP contribution in [0.2, 0.25) is 0 Å². The Hall–Kier alpha value is -2.37. The molecular formula is C16H17F3IN3O3. The molecule has 2 rings (SSSR count). The molecule has 0 aliphatic rings. The third kappa shape index (κ3) is 6.50. The number of aliphatic imine (C=N–C) groups is 1. The largest absolute Gasteiger partial charge is 0.573 e. The first-order valence-electron chi connectivity index (χ1n) is 7.06. The molecule has 0 saturated heterocycles. The summed E-state index contributed by atoms with van der Waals surface area (Å²) < 4.78 is 46.0. The molecule has 0 aromatic heterocycles. The number of hydrogen-bond donors (Lipinski definition) is 3. The van der Waals surface area contributed by atoms with Crippen molar-refractivity contribution in [2.75, 3.05) is 12.4 Å². The summed E-state index contributed by atoms with van der Waals surface area (Å²) in [6, 6.07) is 10.2. The normalized spacial score (nSPS) is 11.5. The molecule has 0 amide bonds. The van der Waals surface area contributed by atoms with E-state index in [0.29, 0.717) is 11.3 Å². The van der Waals surface area contributed by atoms with Crippen molar-refractivity contribution < 1.29 is 27.8 Å². The van der Waals surface area contributed by atoms with Gasteiger partial charge in [0.05, 0.1) is 19.3 Å². The van der Waals surface area contributed by atoms with E-state index in [9.17, 15) is 18.3 Å². The van der Waals surface area contributed by atoms with E-state index in [1.165, 1.54) is 31.4 Å². The van der Waals surface area contributed by atoms with E-state index >= 15 is 0 Å². The highest BCUT2D eigenvalue weighted by atomic mass is 127. The molecule has 6 nitrogen and oxygen atoms in total. The van der Waals surface area contributed by atoms with Crippen molar-refractivity contribution in [2.24, 2.45) is 10.7 Å². The molecule has 2 aromatic carbocycles. The molecule has 0 fully saturated rings. The first kappa shape index (κ1) is 21.7. The number of ether oxygens (including phenoxy) is 2. The SMILES string of the molecule is COc1ccc(CN=C(N)Nc2ccccc2OC(F)(F)F)cc1O.I. The minimum atomic E-state index is -4.82. The number of para-hydroxylation sites is 2. The van der Waals surface area contributed by atoms with E-state index in [4.69, 9.17) is 10.5 Å². The fourth-order valence-corrected chi connectivity index (χ4v) is 1.97. The number of anilines is 1. The van der Waals surface area contributed by atoms with Crippen molar-refractivity contribution in [1.29, 1.82) is 0 Å². The molecule has 0 atom stereocenters. The van der Waals surface area contributed by atoms with Crippen molar-refractivity contribution in [3.8, 4) is 17.2 Å². The van der Waals surface area contributed by atoms with Crippen LogP contribution >= 0.6 is 24.0 Å². The Labute approximate surface area is 164 Å². The maximum absolute atomic E-state index is 12.4. The maximum Gasteiger partial charge on any atom is 0.573 e. The summed E-state index contributed by atoms with van der Waals surface area (Å²) in [5, 5.41) is 12.2. The van der Waals surface area contributed by atoms with Gasteiger partial charge in [0.1, 0.15) is 0 Å². The quantitative estimate of drug-likeness (QED) is 0.342. The summed E-state index contributed by atoms with van der Waals surface area (Å²) >= 11 is 0. The van der Waals surface area contributed by atoms with E-state index in [1.54, 1.807) is 12.1 Å². The highest BCUT2D eigenvalue weighted by Gasteiger charge is 2.32. The lowest BCUT2D eigenvalue weighted by Crippen LogP contribution is -2.24. The monoisotopic (exact) mass is 483 g/mol. The molecular weight excluding hydrogens is 466 g/mol. The second-order valence-electron chi connectivity index (χ2n) is 4.88. The van der Waals surface area contributed by atoms with Gasteiger partial charge in [-0.2, -0.15) is 0 Å². The molecule has 0 aliphatic carbocycles. The predicted octanol–water partition coefficient (Wildman–Crippen LogP) is 3.84. The number of halogens is 4. The smallest absolute Gasteiger partial charge is 0.504 e. The molecule has 0 unspecified atom stereocenters. The standard InChI is InChI=1S/C16H16F3N3O3.HI/c1-24-14-7-6-10(8-12(14)23)9-21-15(20)22-11-4-2-3-5-13(11)25-16(17,18)19;/h2-8,23H,9H2,1H3,(H3,20,21,22);1H. The Morgan fingerprint density at radius 2 is 1.88 bits per heavy atom. The third-order valence-corrected chi connectivity index (χ3v) is 3.05. The average Bonchev–Trinajstić information content (AvgIpc) is 2.53. The van der Waals surface area contributed by atoms with Gasteiger partial charge in [-0.15, -0.1) is 37.1 Å². The molecule has 0 bridgehead atoms. The van der Waals surface area contributed by atoms with Gasteiger partial charge >= 0.3 is 6.36 Å². The number of guanidine groups is 1. The van der Waals surface area contributed by atoms with Crippen LogP contribution in [0.5, 0.6) is 17.2 Å². The van der Waals surface area contributed by atoms with Crippen LogP contribution in [0.1, 0.15) is 5.56 Å². The van der Waals surface area contributed by atoms with Crippen LogP contribution in [0.25, 0.3) is 0 Å². The topological polar surface area (TPSA) is 89.1 Å². The molecule has 4 N–H and O–H groups in total. The molecule has 10 heteroatoms. The van der Waals surface area contributed by atoms with E-state index < -0.39 is 12.1 Å². The Morgan fingerprint density at radius 1 is 1.19 bits per heavy atom. The summed E-state index contributed by atoms with van der Waals surface area (Å²) in [6.07, 6.45) is -4.82. The summed E-state index contributed by atoms with van der Waals surface area (Å²) in [4.78, 5) is 4.02. The van der Waals surface area contributed by atoms with Crippen LogP contribution in [0.4, 0.5) is 18.9 Å². The second-order valence-corrected chi connectivity index (χ2v) is 4.88. The number of nitrogens with two attached hydrogens (primary N) is 1. The van der Waals surface area contributed by atoms with Gasteiger partial charge in [0, 0.05) is 0 Å². The van der Waals surface area contributed by atoms with Gasteiger partial charge in [-0.1, -0.05) is 18.2 Å². The Kier molecular flexibility index (Phi) is 7.80. The van der Waals surface area contributed by atoms with Gasteiger partial charge in [-0.25, -0.2) is 4.99 Å². The summed E-state index contributed by atoms with van der Waals surface area (Å²) in [6.45, 7) is 0.110. The van der Waals surface area contributed by atoms with Gasteiger partial charge in [0.2, 0.25) is 0 Å². The zero-order chi connectivity index (χ0) is 18.4. The van der Waals surface area contributed by atoms with Gasteiger partial charge < -0.3 is 25.6 Å². The number of hydrogen-bond acceptors (Lipinski definition) is 4. The van der Waals surface area contributed by atoms with Crippen molar-refractivity contribution >= 4 is 35.6 Å². The molecule has 0 spiro atoms. The van der Waals surface area contributed by atoms with Crippen molar-refractivity contribution in [3.63, 3.8) is 0 Å². The lowest BCUT2D eigenvalue weighted by Gasteiger charge is -2.14. The first-order valence-corrected chi connectivity index (χ1v) is 7.06. The van der Waals surface area contributed by atoms with Crippen molar-refractivity contribution in [2.45, 2.75) is 12.9 Å². The molecule has 0 heterocycles. The number of nitrogens with zero attached hydrogens (tertiary/aromatic N) is 1. The fraction of sp³-hybridized carbons (Fsp3) is 0.188. The van der Waals surface area contributed by atoms with Crippen LogP contribution in [0, 0.1) is 0 Å². The van der Waals surface area contributed by atoms with Crippen LogP contribution < -0.4 is 20.5 Å². The number of methoxy groups -OCH3 is 1. The van der Waals surface area contributed by atoms with E-state index in [1.807, 2.05) is 0 Å². The zero-order valence-electron chi connectivity index (χ0n) is 13.6. The molecule has 142 valence electrons. The third-order valence-electron chi connectivity index (χ3n) is 3.05. The minimum Gasteiger partial charge on any atom is -0.504 e. The molecule has 2 aromatic rings. The van der Waals surface area contributed by atoms with Crippen molar-refractivity contribution in [3.05, 3.63) is 48.0 Å². The van der Waals surface area contributed by atoms with Gasteiger partial charge in [-0.05, 0) is 29.8 Å². The van der Waals surface area contributed by atoms with Crippen LogP contribution in [-0.4, -0.2) is 24.5 Å². The van der Waals surface area contributed by atoms with Gasteiger partial charge in [0.25, 0.3) is 0 Å². The number of rotatable bonds is 5. The Balaban J connectivity index is 0.00000338. The number of benzene rings is 2. The summed E-state index contributed by atoms with van der Waals surface area (Å²) in [5.74, 6) is -0.258. The van der Waals surface area contributed by atoms with Crippen LogP contribution in [-0.2, 0) is 6.54 Å². The van der Waals surface area contributed by atoms with E-state index in [-0.39, 0.29) is 47.9 Å². The van der Waals surface area contributed by atoms with E-state index in [0.717, 1.165) is 6.07 Å². The highest BCUT2D eigenvalue weighted by molar-refractivity contribution is 14.0. The number of alkyl halides is 3. The maximum atomic E-state index is 12.4. The second kappa shape index (κ2) is 9.36. The summed E-state index contributed by atoms with van der Waals surface area (Å²) in [7, 11) is 1.43. The lowest BCUT2D eigenvalue weighted by molar-refractivity contribution is -0.274. The molecule has 0 radical (unpaired) electrons. The van der Waals surface area contributed by atoms with Gasteiger partial charge in [0.15, 0.2) is 23.2 Å². The highest BCUT2D eigenvalue weighted by Crippen LogP contribution is 2.30. The summed E-state index contributed by atoms with van der Waals surface area (Å²) in [5.41, 5.74) is 6.36. The van der Waals surface area contributed by atoms with Crippen LogP contribution in [0.15, 0.2) is 47.5 Å². The van der Waals surface area contributed by atoms with E-state index in [2.05, 4.69) is 15.0 Å². The lowest BCUT2D eigenvalue weighted by atomic mass is 10.2. The minimum absolute atomic E-state index is 0. The number of aromatic hydroxyl groups is 1. The first-order chi connectivity index (χ1) is 11.8.